The number of aromatic carboxylic acids is 1. The number of hydrogen-bond donors (Lipinski definition) is 1. The maximum absolute atomic E-state index is 11.1. The number of aryl methyl sites for hydroxylation is 1. The van der Waals surface area contributed by atoms with Crippen LogP contribution in [0.3, 0.4) is 0 Å². The summed E-state index contributed by atoms with van der Waals surface area (Å²) in [6.45, 7) is 8.98. The van der Waals surface area contributed by atoms with Gasteiger partial charge in [-0.25, -0.2) is 9.78 Å². The van der Waals surface area contributed by atoms with Gasteiger partial charge >= 0.3 is 5.97 Å². The Morgan fingerprint density at radius 2 is 2.06 bits per heavy atom. The Bertz CT molecular complexity index is 402. The molecule has 4 nitrogen and oxygen atoms in total. The summed E-state index contributed by atoms with van der Waals surface area (Å²) >= 11 is 0. The predicted molar refractivity (Wildman–Crippen MR) is 68.7 cm³/mol. The molecule has 0 fully saturated rings. The van der Waals surface area contributed by atoms with Gasteiger partial charge in [-0.2, -0.15) is 0 Å². The van der Waals surface area contributed by atoms with E-state index in [9.17, 15) is 4.79 Å². The number of rotatable bonds is 5. The lowest BCUT2D eigenvalue weighted by Crippen LogP contribution is -2.31. The average Bonchev–Trinajstić information content (AvgIpc) is 2.28. The lowest BCUT2D eigenvalue weighted by atomic mass is 10.2. The van der Waals surface area contributed by atoms with Crippen LogP contribution in [0.1, 0.15) is 43.7 Å². The topological polar surface area (TPSA) is 53.4 Å². The van der Waals surface area contributed by atoms with Crippen molar-refractivity contribution in [2.75, 3.05) is 11.4 Å². The second kappa shape index (κ2) is 5.66. The fraction of sp³-hybridized carbons (Fsp3) is 0.538. The number of carbonyl (C=O) groups is 1. The average molecular weight is 236 g/mol. The maximum atomic E-state index is 11.1. The number of nitrogens with zero attached hydrogens (tertiary/aromatic N) is 2. The van der Waals surface area contributed by atoms with Crippen LogP contribution < -0.4 is 4.90 Å². The smallest absolute Gasteiger partial charge is 0.335 e. The van der Waals surface area contributed by atoms with Crippen molar-refractivity contribution in [3.05, 3.63) is 23.4 Å². The van der Waals surface area contributed by atoms with Crippen LogP contribution in [0.4, 0.5) is 5.82 Å². The zero-order chi connectivity index (χ0) is 13.0. The Balaban J connectivity index is 3.22. The number of pyridine rings is 1. The first-order valence-corrected chi connectivity index (χ1v) is 6.00. The quantitative estimate of drug-likeness (QED) is 0.853. The molecular formula is C13H20N2O2. The van der Waals surface area contributed by atoms with Crippen molar-refractivity contribution >= 4 is 11.8 Å². The molecule has 0 saturated carbocycles. The van der Waals surface area contributed by atoms with Crippen molar-refractivity contribution in [1.82, 2.24) is 4.98 Å². The van der Waals surface area contributed by atoms with E-state index in [-0.39, 0.29) is 0 Å². The normalized spacial score (nSPS) is 10.6. The minimum atomic E-state index is -0.900. The fourth-order valence-electron chi connectivity index (χ4n) is 1.82. The number of anilines is 1. The van der Waals surface area contributed by atoms with Gasteiger partial charge in [-0.3, -0.25) is 0 Å². The summed E-state index contributed by atoms with van der Waals surface area (Å²) in [4.78, 5) is 17.6. The molecule has 17 heavy (non-hydrogen) atoms. The van der Waals surface area contributed by atoms with E-state index in [0.717, 1.165) is 24.5 Å². The second-order valence-electron chi connectivity index (χ2n) is 4.24. The molecule has 0 unspecified atom stereocenters. The van der Waals surface area contributed by atoms with E-state index in [1.165, 1.54) is 0 Å². The van der Waals surface area contributed by atoms with Gasteiger partial charge in [0, 0.05) is 18.3 Å². The molecule has 0 aromatic carbocycles. The Kier molecular flexibility index (Phi) is 4.49. The van der Waals surface area contributed by atoms with E-state index < -0.39 is 5.97 Å². The summed E-state index contributed by atoms with van der Waals surface area (Å²) in [7, 11) is 0. The van der Waals surface area contributed by atoms with E-state index >= 15 is 0 Å². The third-order valence-electron chi connectivity index (χ3n) is 2.73. The molecule has 0 saturated heterocycles. The molecule has 0 bridgehead atoms. The molecule has 94 valence electrons. The number of aromatic nitrogens is 1. The van der Waals surface area contributed by atoms with Gasteiger partial charge in [-0.05, 0) is 39.3 Å². The van der Waals surface area contributed by atoms with E-state index in [1.807, 2.05) is 13.8 Å². The lowest BCUT2D eigenvalue weighted by molar-refractivity contribution is 0.0696. The van der Waals surface area contributed by atoms with Gasteiger partial charge in [-0.1, -0.05) is 6.92 Å². The van der Waals surface area contributed by atoms with Crippen LogP contribution in [0.5, 0.6) is 0 Å². The highest BCUT2D eigenvalue weighted by atomic mass is 16.4. The highest BCUT2D eigenvalue weighted by Gasteiger charge is 2.14. The molecule has 4 heteroatoms. The first kappa shape index (κ1) is 13.5. The molecule has 0 spiro atoms. The summed E-state index contributed by atoms with van der Waals surface area (Å²) in [6.07, 6.45) is 0.740. The Morgan fingerprint density at radius 1 is 1.41 bits per heavy atom. The Morgan fingerprint density at radius 3 is 2.47 bits per heavy atom. The van der Waals surface area contributed by atoms with Gasteiger partial charge in [0.05, 0.1) is 5.56 Å². The zero-order valence-corrected chi connectivity index (χ0v) is 10.9. The highest BCUT2D eigenvalue weighted by Crippen LogP contribution is 2.18. The monoisotopic (exact) mass is 236 g/mol. The number of carboxylic acids is 1. The summed E-state index contributed by atoms with van der Waals surface area (Å²) in [6, 6.07) is 3.59. The van der Waals surface area contributed by atoms with Crippen LogP contribution in [0.25, 0.3) is 0 Å². The summed E-state index contributed by atoms with van der Waals surface area (Å²) in [5, 5.41) is 9.08. The molecule has 0 radical (unpaired) electrons. The van der Waals surface area contributed by atoms with Gasteiger partial charge in [0.25, 0.3) is 0 Å². The molecule has 1 heterocycles. The number of hydrogen-bond acceptors (Lipinski definition) is 3. The molecule has 0 aliphatic carbocycles. The van der Waals surface area contributed by atoms with Crippen LogP contribution in [0.2, 0.25) is 0 Å². The second-order valence-corrected chi connectivity index (χ2v) is 4.24. The van der Waals surface area contributed by atoms with Gasteiger partial charge in [0.15, 0.2) is 0 Å². The Labute approximate surface area is 102 Å². The van der Waals surface area contributed by atoms with Crippen LogP contribution >= 0.6 is 0 Å². The van der Waals surface area contributed by atoms with Gasteiger partial charge in [-0.15, -0.1) is 0 Å². The van der Waals surface area contributed by atoms with Crippen molar-refractivity contribution in [1.29, 1.82) is 0 Å². The lowest BCUT2D eigenvalue weighted by Gasteiger charge is -2.27. The highest BCUT2D eigenvalue weighted by molar-refractivity contribution is 5.88. The van der Waals surface area contributed by atoms with Crippen LogP contribution in [0.15, 0.2) is 12.1 Å². The zero-order valence-electron chi connectivity index (χ0n) is 10.9. The molecule has 0 atom stereocenters. The Hall–Kier alpha value is -1.58. The maximum Gasteiger partial charge on any atom is 0.335 e. The van der Waals surface area contributed by atoms with Crippen molar-refractivity contribution in [2.24, 2.45) is 0 Å². The summed E-state index contributed by atoms with van der Waals surface area (Å²) in [5.41, 5.74) is 1.13. The van der Waals surface area contributed by atoms with Crippen LogP contribution in [-0.4, -0.2) is 28.6 Å². The van der Waals surface area contributed by atoms with Crippen molar-refractivity contribution in [3.8, 4) is 0 Å². The number of carboxylic acid groups (broad SMARTS) is 1. The molecule has 0 aliphatic heterocycles. The molecule has 0 amide bonds. The van der Waals surface area contributed by atoms with E-state index in [4.69, 9.17) is 5.11 Å². The summed E-state index contributed by atoms with van der Waals surface area (Å²) in [5.74, 6) is -0.151. The first-order valence-electron chi connectivity index (χ1n) is 6.00. The van der Waals surface area contributed by atoms with Gasteiger partial charge in [0.1, 0.15) is 5.82 Å². The third-order valence-corrected chi connectivity index (χ3v) is 2.73. The molecule has 1 aromatic heterocycles. The van der Waals surface area contributed by atoms with E-state index in [1.54, 1.807) is 12.1 Å². The third kappa shape index (κ3) is 3.19. The molecule has 1 aromatic rings. The first-order chi connectivity index (χ1) is 7.99. The largest absolute Gasteiger partial charge is 0.478 e. The van der Waals surface area contributed by atoms with Gasteiger partial charge < -0.3 is 10.0 Å². The molecule has 1 rings (SSSR count). The standard InChI is InChI=1S/C13H20N2O2/c1-5-11-7-10(13(16)17)8-12(14-11)15(6-2)9(3)4/h7-9H,5-6H2,1-4H3,(H,16,17). The summed E-state index contributed by atoms with van der Waals surface area (Å²) < 4.78 is 0. The minimum Gasteiger partial charge on any atom is -0.478 e. The van der Waals surface area contributed by atoms with E-state index in [0.29, 0.717) is 11.6 Å². The predicted octanol–water partition coefficient (Wildman–Crippen LogP) is 2.58. The van der Waals surface area contributed by atoms with E-state index in [2.05, 4.69) is 23.7 Å². The SMILES string of the molecule is CCc1cc(C(=O)O)cc(N(CC)C(C)C)n1. The molecular weight excluding hydrogens is 216 g/mol. The molecule has 0 aliphatic rings. The van der Waals surface area contributed by atoms with Crippen molar-refractivity contribution in [3.63, 3.8) is 0 Å². The fourth-order valence-corrected chi connectivity index (χ4v) is 1.82. The van der Waals surface area contributed by atoms with Gasteiger partial charge in [0.2, 0.25) is 0 Å². The van der Waals surface area contributed by atoms with Crippen LogP contribution in [0, 0.1) is 0 Å². The van der Waals surface area contributed by atoms with Crippen LogP contribution in [-0.2, 0) is 6.42 Å². The van der Waals surface area contributed by atoms with Crippen molar-refractivity contribution < 1.29 is 9.90 Å². The van der Waals surface area contributed by atoms with Crippen molar-refractivity contribution in [2.45, 2.75) is 40.2 Å². The minimum absolute atomic E-state index is 0.307. The molecule has 1 N–H and O–H groups in total.